The minimum Gasteiger partial charge on any atom is -0.393 e. The zero-order valence-electron chi connectivity index (χ0n) is 7.87. The van der Waals surface area contributed by atoms with E-state index in [0.29, 0.717) is 5.92 Å². The van der Waals surface area contributed by atoms with E-state index < -0.39 is 0 Å². The first-order chi connectivity index (χ1) is 5.74. The summed E-state index contributed by atoms with van der Waals surface area (Å²) in [5.74, 6) is 0.367. The van der Waals surface area contributed by atoms with Crippen LogP contribution in [0.4, 0.5) is 0 Å². The Balaban J connectivity index is 2.20. The quantitative estimate of drug-likeness (QED) is 0.677. The maximum absolute atomic E-state index is 9.52. The van der Waals surface area contributed by atoms with E-state index in [2.05, 4.69) is 6.92 Å². The molecule has 0 aromatic rings. The van der Waals surface area contributed by atoms with Crippen molar-refractivity contribution in [3.8, 4) is 0 Å². The van der Waals surface area contributed by atoms with Gasteiger partial charge in [0.25, 0.3) is 0 Å². The lowest BCUT2D eigenvalue weighted by molar-refractivity contribution is 0.0756. The van der Waals surface area contributed by atoms with Crippen LogP contribution in [-0.4, -0.2) is 22.4 Å². The summed E-state index contributed by atoms with van der Waals surface area (Å²) < 4.78 is 0. The second kappa shape index (κ2) is 4.83. The highest BCUT2D eigenvalue weighted by Crippen LogP contribution is 2.29. The van der Waals surface area contributed by atoms with Gasteiger partial charge in [-0.15, -0.1) is 0 Å². The fourth-order valence-electron chi connectivity index (χ4n) is 2.09. The number of hydrogen-bond donors (Lipinski definition) is 2. The number of aliphatic hydroxyl groups is 2. The maximum atomic E-state index is 9.52. The Kier molecular flexibility index (Phi) is 4.02. The van der Waals surface area contributed by atoms with Crippen molar-refractivity contribution >= 4 is 0 Å². The summed E-state index contributed by atoms with van der Waals surface area (Å²) in [7, 11) is 0. The molecule has 0 heterocycles. The second-order valence-corrected chi connectivity index (χ2v) is 3.94. The summed E-state index contributed by atoms with van der Waals surface area (Å²) in [4.78, 5) is 0. The molecule has 1 aliphatic rings. The van der Waals surface area contributed by atoms with Crippen LogP contribution in [-0.2, 0) is 0 Å². The Hall–Kier alpha value is -0.0800. The second-order valence-electron chi connectivity index (χ2n) is 3.94. The van der Waals surface area contributed by atoms with Gasteiger partial charge < -0.3 is 10.2 Å². The van der Waals surface area contributed by atoms with Crippen LogP contribution in [0.5, 0.6) is 0 Å². The highest BCUT2D eigenvalue weighted by atomic mass is 16.3. The first-order valence-corrected chi connectivity index (χ1v) is 5.10. The van der Waals surface area contributed by atoms with Gasteiger partial charge in [0, 0.05) is 0 Å². The molecule has 0 bridgehead atoms. The highest BCUT2D eigenvalue weighted by Gasteiger charge is 2.26. The summed E-state index contributed by atoms with van der Waals surface area (Å²) in [6.45, 7) is 2.08. The fraction of sp³-hybridized carbons (Fsp3) is 1.00. The highest BCUT2D eigenvalue weighted by molar-refractivity contribution is 4.78. The Morgan fingerprint density at radius 2 is 2.17 bits per heavy atom. The molecule has 1 aliphatic carbocycles. The van der Waals surface area contributed by atoms with Crippen molar-refractivity contribution in [1.29, 1.82) is 0 Å². The average molecular weight is 172 g/mol. The molecule has 2 heteroatoms. The van der Waals surface area contributed by atoms with Gasteiger partial charge in [0.1, 0.15) is 0 Å². The molecule has 0 spiro atoms. The Bertz CT molecular complexity index is 125. The van der Waals surface area contributed by atoms with E-state index in [1.165, 1.54) is 0 Å². The molecule has 3 unspecified atom stereocenters. The van der Waals surface area contributed by atoms with E-state index in [4.69, 9.17) is 0 Å². The lowest BCUT2D eigenvalue weighted by atomic mass is 9.96. The van der Waals surface area contributed by atoms with Gasteiger partial charge in [0.2, 0.25) is 0 Å². The first kappa shape index (κ1) is 10.0. The Labute approximate surface area is 74.6 Å². The molecule has 1 fully saturated rings. The summed E-state index contributed by atoms with van der Waals surface area (Å²) in [6.07, 6.45) is 5.54. The van der Waals surface area contributed by atoms with Gasteiger partial charge in [-0.1, -0.05) is 19.8 Å². The van der Waals surface area contributed by atoms with Crippen molar-refractivity contribution in [2.45, 2.75) is 57.7 Å². The molecule has 0 radical (unpaired) electrons. The van der Waals surface area contributed by atoms with E-state index in [-0.39, 0.29) is 12.2 Å². The summed E-state index contributed by atoms with van der Waals surface area (Å²) >= 11 is 0. The van der Waals surface area contributed by atoms with Gasteiger partial charge in [-0.2, -0.15) is 0 Å². The van der Waals surface area contributed by atoms with Crippen molar-refractivity contribution < 1.29 is 10.2 Å². The van der Waals surface area contributed by atoms with E-state index in [9.17, 15) is 10.2 Å². The molecule has 0 aromatic heterocycles. The zero-order chi connectivity index (χ0) is 8.97. The van der Waals surface area contributed by atoms with Crippen LogP contribution < -0.4 is 0 Å². The van der Waals surface area contributed by atoms with Crippen LogP contribution in [0, 0.1) is 5.92 Å². The van der Waals surface area contributed by atoms with Gasteiger partial charge in [-0.25, -0.2) is 0 Å². The molecule has 1 saturated carbocycles. The Morgan fingerprint density at radius 1 is 1.42 bits per heavy atom. The van der Waals surface area contributed by atoms with E-state index in [0.717, 1.165) is 38.5 Å². The third kappa shape index (κ3) is 2.76. The lowest BCUT2D eigenvalue weighted by Gasteiger charge is -2.17. The van der Waals surface area contributed by atoms with E-state index in [1.54, 1.807) is 0 Å². The van der Waals surface area contributed by atoms with Crippen LogP contribution in [0.25, 0.3) is 0 Å². The monoisotopic (exact) mass is 172 g/mol. The molecule has 0 aromatic carbocycles. The number of rotatable bonds is 4. The van der Waals surface area contributed by atoms with E-state index >= 15 is 0 Å². The van der Waals surface area contributed by atoms with Gasteiger partial charge >= 0.3 is 0 Å². The molecular weight excluding hydrogens is 152 g/mol. The van der Waals surface area contributed by atoms with Crippen LogP contribution in [0.3, 0.4) is 0 Å². The maximum Gasteiger partial charge on any atom is 0.0569 e. The van der Waals surface area contributed by atoms with Crippen LogP contribution >= 0.6 is 0 Å². The van der Waals surface area contributed by atoms with Crippen molar-refractivity contribution in [2.24, 2.45) is 5.92 Å². The predicted molar refractivity (Wildman–Crippen MR) is 48.9 cm³/mol. The molecule has 0 aliphatic heterocycles. The third-order valence-corrected chi connectivity index (χ3v) is 2.82. The predicted octanol–water partition coefficient (Wildman–Crippen LogP) is 1.70. The molecule has 0 saturated heterocycles. The molecule has 2 N–H and O–H groups in total. The van der Waals surface area contributed by atoms with Crippen molar-refractivity contribution in [1.82, 2.24) is 0 Å². The lowest BCUT2D eigenvalue weighted by Crippen LogP contribution is -2.19. The Morgan fingerprint density at radius 3 is 2.67 bits per heavy atom. The van der Waals surface area contributed by atoms with Crippen molar-refractivity contribution in [3.05, 3.63) is 0 Å². The van der Waals surface area contributed by atoms with Crippen molar-refractivity contribution in [3.63, 3.8) is 0 Å². The zero-order valence-corrected chi connectivity index (χ0v) is 7.87. The molecule has 1 rings (SSSR count). The standard InChI is InChI=1S/C10H20O2/c1-2-4-9(11)7-8-5-3-6-10(8)12/h8-12H,2-7H2,1H3. The van der Waals surface area contributed by atoms with Gasteiger partial charge in [0.05, 0.1) is 12.2 Å². The number of hydrogen-bond acceptors (Lipinski definition) is 2. The summed E-state index contributed by atoms with van der Waals surface area (Å²) in [6, 6.07) is 0. The third-order valence-electron chi connectivity index (χ3n) is 2.82. The topological polar surface area (TPSA) is 40.5 Å². The average Bonchev–Trinajstić information content (AvgIpc) is 2.37. The smallest absolute Gasteiger partial charge is 0.0569 e. The fourth-order valence-corrected chi connectivity index (χ4v) is 2.09. The minimum absolute atomic E-state index is 0.142. The van der Waals surface area contributed by atoms with Gasteiger partial charge in [-0.05, 0) is 31.6 Å². The number of aliphatic hydroxyl groups excluding tert-OH is 2. The summed E-state index contributed by atoms with van der Waals surface area (Å²) in [5, 5.41) is 19.0. The largest absolute Gasteiger partial charge is 0.393 e. The van der Waals surface area contributed by atoms with Crippen LogP contribution in [0.2, 0.25) is 0 Å². The normalized spacial score (nSPS) is 32.2. The van der Waals surface area contributed by atoms with Crippen molar-refractivity contribution in [2.75, 3.05) is 0 Å². The van der Waals surface area contributed by atoms with Crippen LogP contribution in [0.15, 0.2) is 0 Å². The first-order valence-electron chi connectivity index (χ1n) is 5.10. The van der Waals surface area contributed by atoms with Crippen LogP contribution in [0.1, 0.15) is 45.4 Å². The van der Waals surface area contributed by atoms with Gasteiger partial charge in [-0.3, -0.25) is 0 Å². The molecule has 72 valence electrons. The minimum atomic E-state index is -0.187. The SMILES string of the molecule is CCCC(O)CC1CCCC1O. The summed E-state index contributed by atoms with van der Waals surface area (Å²) in [5.41, 5.74) is 0. The van der Waals surface area contributed by atoms with E-state index in [1.807, 2.05) is 0 Å². The molecule has 12 heavy (non-hydrogen) atoms. The molecule has 2 nitrogen and oxygen atoms in total. The molecule has 0 amide bonds. The molecular formula is C10H20O2. The molecule has 3 atom stereocenters. The van der Waals surface area contributed by atoms with Gasteiger partial charge in [0.15, 0.2) is 0 Å².